The Morgan fingerprint density at radius 2 is 1.09 bits per heavy atom. The maximum Gasteiger partial charge on any atom is 0.404 e. The van der Waals surface area contributed by atoms with Crippen molar-refractivity contribution in [3.05, 3.63) is 72.3 Å². The number of benzene rings is 3. The minimum atomic E-state index is -3.05. The lowest BCUT2D eigenvalue weighted by Crippen LogP contribution is -2.26. The van der Waals surface area contributed by atoms with Crippen LogP contribution in [-0.4, -0.2) is 127 Å². The van der Waals surface area contributed by atoms with E-state index in [1.54, 1.807) is 15.4 Å². The van der Waals surface area contributed by atoms with Gasteiger partial charge in [-0.1, -0.05) is 57.2 Å². The van der Waals surface area contributed by atoms with Gasteiger partial charge in [-0.25, -0.2) is 26.4 Å². The van der Waals surface area contributed by atoms with Gasteiger partial charge in [0.25, 0.3) is 0 Å². The highest BCUT2D eigenvalue weighted by Gasteiger charge is 2.28. The molecule has 2 aromatic heterocycles. The molecule has 0 saturated carbocycles. The summed E-state index contributed by atoms with van der Waals surface area (Å²) < 4.78 is 44.7. The molecule has 24 heteroatoms. The molecule has 302 valence electrons. The van der Waals surface area contributed by atoms with Crippen molar-refractivity contribution in [2.24, 2.45) is 0 Å². The Bertz CT molecular complexity index is 2250. The number of rotatable bonds is 12. The second-order valence-corrected chi connectivity index (χ2v) is 19.0. The molecule has 0 radical (unpaired) electrons. The van der Waals surface area contributed by atoms with Gasteiger partial charge in [0.05, 0.1) is 32.7 Å². The summed E-state index contributed by atoms with van der Waals surface area (Å²) in [4.78, 5) is 20.3. The molecule has 0 aliphatic carbocycles. The standard InChI is InChI=1S/C24H22N8O2S2.2C4H9NO4S/c1-24(2,3)17-14-18(33)20(35-22-25-27-29-31(22)15-10-6-4-7-11-15)21(19(17)34)36-23-26-28-30-32(23)16-12-8-5-9-13-16;2*1-10(8,9)3-2-5-4(6)7/h4-14,33-34H,1-3H3;2*5H,2-3H2,1H3,(H,6,7). The first-order valence-corrected chi connectivity index (χ1v) is 21.8. The van der Waals surface area contributed by atoms with Crippen LogP contribution in [0, 0.1) is 0 Å². The van der Waals surface area contributed by atoms with E-state index in [4.69, 9.17) is 10.2 Å². The lowest BCUT2D eigenvalue weighted by Gasteiger charge is -2.24. The molecule has 5 rings (SSSR count). The zero-order valence-electron chi connectivity index (χ0n) is 30.6. The van der Waals surface area contributed by atoms with Crippen LogP contribution in [0.25, 0.3) is 11.4 Å². The number of hydrogen-bond donors (Lipinski definition) is 6. The summed E-state index contributed by atoms with van der Waals surface area (Å²) in [5, 5.41) is 67.5. The monoisotopic (exact) mass is 852 g/mol. The van der Waals surface area contributed by atoms with Crippen molar-refractivity contribution in [2.75, 3.05) is 37.1 Å². The van der Waals surface area contributed by atoms with E-state index in [1.807, 2.05) is 92.1 Å². The molecule has 5 aromatic rings. The third-order valence-electron chi connectivity index (χ3n) is 6.77. The molecule has 56 heavy (non-hydrogen) atoms. The average molecular weight is 853 g/mol. The van der Waals surface area contributed by atoms with E-state index in [0.717, 1.165) is 47.4 Å². The van der Waals surface area contributed by atoms with Crippen LogP contribution in [0.1, 0.15) is 26.3 Å². The summed E-state index contributed by atoms with van der Waals surface area (Å²) in [6, 6.07) is 20.5. The molecule has 0 aliphatic heterocycles. The number of nitrogens with zero attached hydrogens (tertiary/aromatic N) is 8. The highest BCUT2D eigenvalue weighted by Crippen LogP contribution is 2.51. The maximum atomic E-state index is 11.4. The minimum absolute atomic E-state index is 0.00780. The molecule has 0 fully saturated rings. The van der Waals surface area contributed by atoms with Gasteiger partial charge < -0.3 is 31.1 Å². The van der Waals surface area contributed by atoms with Gasteiger partial charge >= 0.3 is 12.2 Å². The number of phenolic OH excluding ortho intramolecular Hbond substituents is 2. The average Bonchev–Trinajstić information content (AvgIpc) is 3.77. The van der Waals surface area contributed by atoms with Crippen LogP contribution in [0.5, 0.6) is 11.5 Å². The summed E-state index contributed by atoms with van der Waals surface area (Å²) in [7, 11) is -6.09. The predicted molar refractivity (Wildman–Crippen MR) is 207 cm³/mol. The molecule has 3 aromatic carbocycles. The fourth-order valence-corrected chi connectivity index (χ4v) is 7.13. The van der Waals surface area contributed by atoms with E-state index >= 15 is 0 Å². The molecule has 0 unspecified atom stereocenters. The molecule has 0 atom stereocenters. The lowest BCUT2D eigenvalue weighted by molar-refractivity contribution is 0.194. The van der Waals surface area contributed by atoms with Crippen LogP contribution in [0.4, 0.5) is 9.59 Å². The van der Waals surface area contributed by atoms with Crippen LogP contribution in [0.3, 0.4) is 0 Å². The third kappa shape index (κ3) is 14.6. The zero-order valence-corrected chi connectivity index (χ0v) is 33.9. The van der Waals surface area contributed by atoms with Crippen molar-refractivity contribution in [1.82, 2.24) is 51.0 Å². The number of phenols is 2. The van der Waals surface area contributed by atoms with E-state index in [2.05, 4.69) is 31.1 Å². The van der Waals surface area contributed by atoms with Gasteiger partial charge in [-0.05, 0) is 80.1 Å². The normalized spacial score (nSPS) is 11.4. The Morgan fingerprint density at radius 3 is 1.45 bits per heavy atom. The van der Waals surface area contributed by atoms with Crippen molar-refractivity contribution >= 4 is 55.4 Å². The third-order valence-corrected chi connectivity index (χ3v) is 10.9. The number of sulfone groups is 2. The van der Waals surface area contributed by atoms with E-state index in [0.29, 0.717) is 25.7 Å². The number of aromatic hydroxyl groups is 2. The lowest BCUT2D eigenvalue weighted by atomic mass is 9.86. The fourth-order valence-electron chi connectivity index (χ4n) is 4.20. The molecule has 20 nitrogen and oxygen atoms in total. The van der Waals surface area contributed by atoms with E-state index in [9.17, 15) is 36.6 Å². The quantitative estimate of drug-likeness (QED) is 0.0982. The number of nitrogens with one attached hydrogen (secondary N) is 2. The second kappa shape index (κ2) is 19.9. The van der Waals surface area contributed by atoms with Gasteiger partial charge in [-0.2, -0.15) is 9.36 Å². The first-order valence-electron chi connectivity index (χ1n) is 16.1. The molecule has 0 saturated heterocycles. The van der Waals surface area contributed by atoms with Crippen LogP contribution >= 0.6 is 23.5 Å². The van der Waals surface area contributed by atoms with E-state index < -0.39 is 37.3 Å². The first-order chi connectivity index (χ1) is 26.2. The van der Waals surface area contributed by atoms with Crippen LogP contribution in [0.15, 0.2) is 86.8 Å². The zero-order chi connectivity index (χ0) is 41.7. The largest absolute Gasteiger partial charge is 0.507 e. The topological polar surface area (TPSA) is 295 Å². The fraction of sp³-hybridized carbons (Fsp3) is 0.312. The molecule has 6 N–H and O–H groups in total. The number of amides is 2. The molecule has 2 amide bonds. The van der Waals surface area contributed by atoms with Crippen molar-refractivity contribution < 1.29 is 46.9 Å². The Morgan fingerprint density at radius 1 is 0.696 bits per heavy atom. The summed E-state index contributed by atoms with van der Waals surface area (Å²) >= 11 is 2.30. The predicted octanol–water partition coefficient (Wildman–Crippen LogP) is 3.25. The summed E-state index contributed by atoms with van der Waals surface area (Å²) in [5.41, 5.74) is 1.69. The molecular formula is C32H40N10O10S4. The minimum Gasteiger partial charge on any atom is -0.507 e. The number of para-hydroxylation sites is 2. The molecule has 0 aliphatic rings. The first kappa shape index (κ1) is 44.9. The van der Waals surface area contributed by atoms with Gasteiger partial charge in [0.2, 0.25) is 10.3 Å². The molecule has 0 spiro atoms. The van der Waals surface area contributed by atoms with Crippen LogP contribution in [-0.2, 0) is 25.1 Å². The van der Waals surface area contributed by atoms with Gasteiger partial charge in [-0.3, -0.25) is 0 Å². The Labute approximate surface area is 330 Å². The van der Waals surface area contributed by atoms with Gasteiger partial charge in [0.1, 0.15) is 31.2 Å². The summed E-state index contributed by atoms with van der Waals surface area (Å²) in [5.74, 6) is -0.279. The highest BCUT2D eigenvalue weighted by molar-refractivity contribution is 8.02. The van der Waals surface area contributed by atoms with E-state index in [-0.39, 0.29) is 36.1 Å². The Kier molecular flexibility index (Phi) is 16.0. The molecular weight excluding hydrogens is 813 g/mol. The number of hydrogen-bond acceptors (Lipinski definition) is 16. The maximum absolute atomic E-state index is 11.4. The number of aromatic nitrogens is 8. The molecule has 0 bridgehead atoms. The second-order valence-electron chi connectivity index (χ2n) is 12.5. The van der Waals surface area contributed by atoms with Crippen LogP contribution < -0.4 is 10.6 Å². The van der Waals surface area contributed by atoms with Gasteiger partial charge in [0.15, 0.2) is 0 Å². The molecule has 2 heterocycles. The highest BCUT2D eigenvalue weighted by atomic mass is 32.2. The Hall–Kier alpha value is -5.46. The van der Waals surface area contributed by atoms with Crippen molar-refractivity contribution in [3.8, 4) is 22.9 Å². The smallest absolute Gasteiger partial charge is 0.404 e. The summed E-state index contributed by atoms with van der Waals surface area (Å²) in [6.45, 7) is 5.80. The van der Waals surface area contributed by atoms with Crippen LogP contribution in [0.2, 0.25) is 0 Å². The number of carboxylic acid groups (broad SMARTS) is 2. The Balaban J connectivity index is 0.000000347. The van der Waals surface area contributed by atoms with Gasteiger partial charge in [-0.15, -0.1) is 10.2 Å². The van der Waals surface area contributed by atoms with Gasteiger partial charge in [0, 0.05) is 31.2 Å². The number of tetrazole rings is 2. The number of carbonyl (C=O) groups is 2. The van der Waals surface area contributed by atoms with E-state index in [1.165, 1.54) is 0 Å². The van der Waals surface area contributed by atoms with Crippen molar-refractivity contribution in [2.45, 2.75) is 46.3 Å². The SMILES string of the molecule is CC(C)(C)c1cc(O)c(Sc2nnnn2-c2ccccc2)c(Sc2nnnn2-c2ccccc2)c1O.CS(=O)(=O)CCNC(=O)O.CS(=O)(=O)CCNC(=O)O. The van der Waals surface area contributed by atoms with Crippen molar-refractivity contribution in [3.63, 3.8) is 0 Å². The summed E-state index contributed by atoms with van der Waals surface area (Å²) in [6.07, 6.45) is -0.306. The van der Waals surface area contributed by atoms with Crippen molar-refractivity contribution in [1.29, 1.82) is 0 Å².